The SMILES string of the molecule is [B][I-]C1CCN(c2ncc(-c3nc4c(C(=O)O)c[nH]c4cc3Cl)cn2)CC1. The Kier molecular flexibility index (Phi) is 5.22. The number of hydrogen-bond acceptors (Lipinski definition) is 5. The number of pyridine rings is 1. The molecule has 1 fully saturated rings. The summed E-state index contributed by atoms with van der Waals surface area (Å²) in [5.74, 6) is -0.366. The monoisotopic (exact) mass is 494 g/mol. The number of nitrogens with one attached hydrogen (secondary N) is 1. The van der Waals surface area contributed by atoms with E-state index in [9.17, 15) is 9.90 Å². The fraction of sp³-hybridized carbons (Fsp3) is 0.294. The molecule has 1 aliphatic heterocycles. The second-order valence-corrected chi connectivity index (χ2v) is 9.17. The molecular formula is C17H15BClIN5O2-. The molecule has 0 amide bonds. The predicted molar refractivity (Wildman–Crippen MR) is 100 cm³/mol. The van der Waals surface area contributed by atoms with Gasteiger partial charge in [-0.25, -0.2) is 4.79 Å². The van der Waals surface area contributed by atoms with Crippen LogP contribution in [0.4, 0.5) is 5.95 Å². The Bertz CT molecular complexity index is 989. The van der Waals surface area contributed by atoms with E-state index in [1.54, 1.807) is 18.5 Å². The van der Waals surface area contributed by atoms with Gasteiger partial charge in [0.15, 0.2) is 0 Å². The summed E-state index contributed by atoms with van der Waals surface area (Å²) in [7, 11) is 0. The molecule has 0 saturated carbocycles. The number of alkyl halides is 1. The molecule has 4 heterocycles. The number of carboxylic acid groups (broad SMARTS) is 1. The first kappa shape index (κ1) is 18.5. The molecule has 1 saturated heterocycles. The van der Waals surface area contributed by atoms with Crippen molar-refractivity contribution in [1.82, 2.24) is 19.9 Å². The number of aromatic carboxylic acids is 1. The van der Waals surface area contributed by atoms with Crippen LogP contribution in [0, 0.1) is 0 Å². The molecule has 0 aromatic carbocycles. The summed E-state index contributed by atoms with van der Waals surface area (Å²) in [6.45, 7) is 1.83. The van der Waals surface area contributed by atoms with Crippen LogP contribution in [0.25, 0.3) is 22.3 Å². The van der Waals surface area contributed by atoms with Crippen LogP contribution in [0.15, 0.2) is 24.7 Å². The maximum atomic E-state index is 11.3. The van der Waals surface area contributed by atoms with Gasteiger partial charge in [-0.2, -0.15) is 0 Å². The van der Waals surface area contributed by atoms with E-state index < -0.39 is 5.97 Å². The van der Waals surface area contributed by atoms with Gasteiger partial charge in [0.05, 0.1) is 0 Å². The molecule has 3 aromatic rings. The molecule has 27 heavy (non-hydrogen) atoms. The van der Waals surface area contributed by atoms with Crippen LogP contribution in [0.5, 0.6) is 0 Å². The van der Waals surface area contributed by atoms with Gasteiger partial charge in [0.25, 0.3) is 0 Å². The number of carbonyl (C=O) groups is 1. The Hall–Kier alpha value is -1.88. The fourth-order valence-corrected chi connectivity index (χ4v) is 4.71. The third-order valence-corrected chi connectivity index (χ3v) is 7.18. The van der Waals surface area contributed by atoms with E-state index in [0.29, 0.717) is 37.2 Å². The Morgan fingerprint density at radius 2 is 2.04 bits per heavy atom. The van der Waals surface area contributed by atoms with Crippen molar-refractivity contribution in [3.63, 3.8) is 0 Å². The molecule has 0 spiro atoms. The molecule has 2 radical (unpaired) electrons. The van der Waals surface area contributed by atoms with Crippen molar-refractivity contribution in [2.24, 2.45) is 0 Å². The van der Waals surface area contributed by atoms with Gasteiger partial charge in [0, 0.05) is 6.20 Å². The summed E-state index contributed by atoms with van der Waals surface area (Å²) in [5, 5.41) is 9.70. The average molecular weight is 495 g/mol. The normalized spacial score (nSPS) is 15.5. The number of carboxylic acids is 1. The van der Waals surface area contributed by atoms with Crippen LogP contribution in [0.3, 0.4) is 0 Å². The predicted octanol–water partition coefficient (Wildman–Crippen LogP) is -0.487. The van der Waals surface area contributed by atoms with Crippen molar-refractivity contribution in [1.29, 1.82) is 0 Å². The molecule has 138 valence electrons. The Balaban J connectivity index is 1.63. The quantitative estimate of drug-likeness (QED) is 0.289. The Morgan fingerprint density at radius 1 is 1.33 bits per heavy atom. The molecule has 10 heteroatoms. The standard InChI is InChI=1S/C17H15BClIN5O2/c18-20-10-1-3-25(4-2-10)17-22-6-9(7-23-17)14-12(19)5-13-15(24-14)11(8-21-13)16(26)27/h5-8,10,21H,1-4H2,(H,26,27)/q-1. The third-order valence-electron chi connectivity index (χ3n) is 4.63. The number of aromatic nitrogens is 4. The van der Waals surface area contributed by atoms with Crippen LogP contribution in [-0.4, -0.2) is 53.7 Å². The molecule has 2 N–H and O–H groups in total. The zero-order valence-electron chi connectivity index (χ0n) is 14.2. The van der Waals surface area contributed by atoms with E-state index in [1.165, 1.54) is 6.20 Å². The van der Waals surface area contributed by atoms with Crippen molar-refractivity contribution in [3.05, 3.63) is 35.2 Å². The van der Waals surface area contributed by atoms with Crippen molar-refractivity contribution >= 4 is 40.3 Å². The zero-order chi connectivity index (χ0) is 19.0. The van der Waals surface area contributed by atoms with Crippen molar-refractivity contribution in [2.75, 3.05) is 18.0 Å². The van der Waals surface area contributed by atoms with Gasteiger partial charge in [0.1, 0.15) is 0 Å². The van der Waals surface area contributed by atoms with Crippen LogP contribution >= 0.6 is 11.6 Å². The number of anilines is 1. The molecular weight excluding hydrogens is 479 g/mol. The van der Waals surface area contributed by atoms with Crippen LogP contribution < -0.4 is 25.9 Å². The third kappa shape index (κ3) is 3.62. The second-order valence-electron chi connectivity index (χ2n) is 6.28. The first-order chi connectivity index (χ1) is 13.1. The maximum absolute atomic E-state index is 11.3. The van der Waals surface area contributed by atoms with Gasteiger partial charge < -0.3 is 10.1 Å². The van der Waals surface area contributed by atoms with Crippen LogP contribution in [0.2, 0.25) is 5.02 Å². The molecule has 1 aliphatic rings. The van der Waals surface area contributed by atoms with Crippen LogP contribution in [0.1, 0.15) is 23.2 Å². The Morgan fingerprint density at radius 3 is 2.67 bits per heavy atom. The van der Waals surface area contributed by atoms with E-state index >= 15 is 0 Å². The van der Waals surface area contributed by atoms with E-state index in [-0.39, 0.29) is 26.6 Å². The van der Waals surface area contributed by atoms with Crippen LogP contribution in [-0.2, 0) is 0 Å². The van der Waals surface area contributed by atoms with Gasteiger partial charge >= 0.3 is 151 Å². The minimum atomic E-state index is -1.04. The van der Waals surface area contributed by atoms with E-state index in [4.69, 9.17) is 17.3 Å². The van der Waals surface area contributed by atoms with Gasteiger partial charge in [0.2, 0.25) is 0 Å². The number of hydrogen-bond donors (Lipinski definition) is 2. The topological polar surface area (TPSA) is 95.0 Å². The first-order valence-corrected chi connectivity index (χ1v) is 11.2. The summed E-state index contributed by atoms with van der Waals surface area (Å²) in [4.78, 5) is 29.8. The van der Waals surface area contributed by atoms with Crippen molar-refractivity contribution in [3.8, 4) is 11.3 Å². The average Bonchev–Trinajstić information content (AvgIpc) is 3.10. The number of rotatable bonds is 4. The molecule has 0 aliphatic carbocycles. The number of piperidine rings is 1. The molecule has 0 bridgehead atoms. The van der Waals surface area contributed by atoms with Gasteiger partial charge in [-0.1, -0.05) is 0 Å². The Labute approximate surface area is 172 Å². The fourth-order valence-electron chi connectivity index (χ4n) is 3.17. The molecule has 0 atom stereocenters. The van der Waals surface area contributed by atoms with Gasteiger partial charge in [-0.3, -0.25) is 0 Å². The first-order valence-electron chi connectivity index (χ1n) is 8.37. The summed E-state index contributed by atoms with van der Waals surface area (Å²) >= 11 is 6.15. The number of H-pyrrole nitrogens is 1. The second kappa shape index (κ2) is 7.63. The van der Waals surface area contributed by atoms with Gasteiger partial charge in [-0.15, -0.1) is 0 Å². The number of fused-ring (bicyclic) bond motifs is 1. The van der Waals surface area contributed by atoms with Crippen molar-refractivity contribution < 1.29 is 30.9 Å². The number of aromatic amines is 1. The zero-order valence-corrected chi connectivity index (χ0v) is 17.1. The summed E-state index contributed by atoms with van der Waals surface area (Å²) in [6, 6.07) is 1.67. The summed E-state index contributed by atoms with van der Waals surface area (Å²) < 4.78 is 0.679. The minimum absolute atomic E-state index is 0.103. The van der Waals surface area contributed by atoms with Gasteiger partial charge in [-0.05, 0) is 0 Å². The van der Waals surface area contributed by atoms with E-state index in [1.807, 2.05) is 0 Å². The van der Waals surface area contributed by atoms with Crippen molar-refractivity contribution in [2.45, 2.75) is 16.8 Å². The van der Waals surface area contributed by atoms with E-state index in [0.717, 1.165) is 25.9 Å². The summed E-state index contributed by atoms with van der Waals surface area (Å²) in [5.41, 5.74) is 7.99. The summed E-state index contributed by atoms with van der Waals surface area (Å²) in [6.07, 6.45) is 6.94. The number of halogens is 2. The molecule has 7 nitrogen and oxygen atoms in total. The molecule has 3 aromatic heterocycles. The molecule has 0 unspecified atom stereocenters. The number of nitrogens with zero attached hydrogens (tertiary/aromatic N) is 4. The van der Waals surface area contributed by atoms with E-state index in [2.05, 4.69) is 24.8 Å². The molecule has 4 rings (SSSR count).